The topological polar surface area (TPSA) is 214 Å². The third kappa shape index (κ3) is 9.99. The number of nitrogens with two attached hydrogens (primary N) is 2. The van der Waals surface area contributed by atoms with Gasteiger partial charge in [-0.25, -0.2) is 4.79 Å². The van der Waals surface area contributed by atoms with E-state index in [4.69, 9.17) is 11.5 Å². The number of primary amides is 1. The smallest absolute Gasteiger partial charge is 0.328 e. The fourth-order valence-corrected chi connectivity index (χ4v) is 3.56. The van der Waals surface area contributed by atoms with Crippen molar-refractivity contribution in [2.24, 2.45) is 11.5 Å². The molecule has 38 heavy (non-hydrogen) atoms. The van der Waals surface area contributed by atoms with E-state index in [-0.39, 0.29) is 25.7 Å². The summed E-state index contributed by atoms with van der Waals surface area (Å²) in [5, 5.41) is 25.9. The van der Waals surface area contributed by atoms with Gasteiger partial charge in [0.05, 0.1) is 12.6 Å². The van der Waals surface area contributed by atoms with Gasteiger partial charge in [-0.15, -0.1) is 0 Å². The number of rotatable bonds is 15. The van der Waals surface area contributed by atoms with Crippen molar-refractivity contribution in [3.8, 4) is 0 Å². The van der Waals surface area contributed by atoms with Gasteiger partial charge in [0.2, 0.25) is 23.6 Å². The molecule has 4 unspecified atom stereocenters. The predicted octanol–water partition coefficient (Wildman–Crippen LogP) is -1.40. The van der Waals surface area contributed by atoms with E-state index in [2.05, 4.69) is 16.0 Å². The van der Waals surface area contributed by atoms with Crippen molar-refractivity contribution in [1.29, 1.82) is 0 Å². The van der Waals surface area contributed by atoms with Crippen molar-refractivity contribution in [3.05, 3.63) is 71.8 Å². The van der Waals surface area contributed by atoms with Crippen LogP contribution in [0.1, 0.15) is 24.0 Å². The van der Waals surface area contributed by atoms with Gasteiger partial charge in [-0.3, -0.25) is 19.2 Å². The van der Waals surface area contributed by atoms with Crippen molar-refractivity contribution in [2.45, 2.75) is 49.9 Å². The molecule has 0 aliphatic carbocycles. The first-order valence-corrected chi connectivity index (χ1v) is 12.0. The zero-order valence-corrected chi connectivity index (χ0v) is 20.7. The number of carboxylic acid groups (broad SMARTS) is 1. The highest BCUT2D eigenvalue weighted by atomic mass is 16.4. The van der Waals surface area contributed by atoms with E-state index in [0.29, 0.717) is 11.1 Å². The van der Waals surface area contributed by atoms with E-state index in [9.17, 15) is 34.2 Å². The van der Waals surface area contributed by atoms with Crippen LogP contribution in [0.5, 0.6) is 0 Å². The molecule has 204 valence electrons. The molecule has 9 N–H and O–H groups in total. The van der Waals surface area contributed by atoms with Crippen LogP contribution in [-0.2, 0) is 36.8 Å². The second-order valence-corrected chi connectivity index (χ2v) is 8.70. The number of aliphatic hydroxyl groups is 1. The van der Waals surface area contributed by atoms with E-state index in [1.54, 1.807) is 60.7 Å². The molecule has 0 fully saturated rings. The molecule has 4 amide bonds. The van der Waals surface area contributed by atoms with Gasteiger partial charge in [0, 0.05) is 19.3 Å². The molecule has 0 heterocycles. The zero-order valence-electron chi connectivity index (χ0n) is 20.7. The molecule has 0 aliphatic heterocycles. The Bertz CT molecular complexity index is 1100. The first-order chi connectivity index (χ1) is 18.1. The summed E-state index contributed by atoms with van der Waals surface area (Å²) < 4.78 is 0. The first kappa shape index (κ1) is 29.9. The minimum Gasteiger partial charge on any atom is -0.480 e. The summed E-state index contributed by atoms with van der Waals surface area (Å²) in [5.41, 5.74) is 12.4. The molecule has 0 radical (unpaired) electrons. The van der Waals surface area contributed by atoms with Crippen LogP contribution >= 0.6 is 0 Å². The Morgan fingerprint density at radius 2 is 1.13 bits per heavy atom. The largest absolute Gasteiger partial charge is 0.480 e. The Kier molecular flexibility index (Phi) is 11.9. The maximum atomic E-state index is 13.4. The van der Waals surface area contributed by atoms with Crippen LogP contribution in [0.2, 0.25) is 0 Å². The lowest BCUT2D eigenvalue weighted by Gasteiger charge is -2.25. The van der Waals surface area contributed by atoms with Crippen LogP contribution in [0.3, 0.4) is 0 Å². The Morgan fingerprint density at radius 1 is 0.711 bits per heavy atom. The lowest BCUT2D eigenvalue weighted by atomic mass is 10.0. The van der Waals surface area contributed by atoms with Crippen molar-refractivity contribution in [1.82, 2.24) is 16.0 Å². The van der Waals surface area contributed by atoms with Gasteiger partial charge in [0.1, 0.15) is 18.1 Å². The van der Waals surface area contributed by atoms with Crippen LogP contribution < -0.4 is 27.4 Å². The van der Waals surface area contributed by atoms with Gasteiger partial charge in [0.25, 0.3) is 0 Å². The van der Waals surface area contributed by atoms with Gasteiger partial charge in [0.15, 0.2) is 0 Å². The van der Waals surface area contributed by atoms with E-state index in [1.807, 2.05) is 0 Å². The summed E-state index contributed by atoms with van der Waals surface area (Å²) in [6.45, 7) is -0.844. The second kappa shape index (κ2) is 15.1. The predicted molar refractivity (Wildman–Crippen MR) is 137 cm³/mol. The van der Waals surface area contributed by atoms with Crippen LogP contribution in [0, 0.1) is 0 Å². The number of carboxylic acids is 1. The van der Waals surface area contributed by atoms with Gasteiger partial charge >= 0.3 is 5.97 Å². The maximum Gasteiger partial charge on any atom is 0.328 e. The number of aliphatic carboxylic acids is 1. The number of hydrogen-bond acceptors (Lipinski definition) is 7. The molecule has 0 spiro atoms. The Morgan fingerprint density at radius 3 is 1.53 bits per heavy atom. The standard InChI is InChI=1S/C26H33N5O7/c27-18(11-12-22(28)33)23(34)29-19(13-16-7-3-1-4-8-16)24(35)30-20(14-17-9-5-2-6-10-17)25(36)31-21(15-32)26(37)38/h1-10,18-21,32H,11-15,27H2,(H2,28,33)(H,29,34)(H,30,35)(H,31,36)(H,37,38). The normalized spacial score (nSPS) is 13.8. The molecule has 0 aromatic heterocycles. The zero-order chi connectivity index (χ0) is 28.1. The SMILES string of the molecule is NC(=O)CCC(N)C(=O)NC(Cc1ccccc1)C(=O)NC(Cc1ccccc1)C(=O)NC(CO)C(=O)O. The molecule has 12 heteroatoms. The molecule has 0 bridgehead atoms. The van der Waals surface area contributed by atoms with Crippen LogP contribution in [0.4, 0.5) is 0 Å². The number of carbonyl (C=O) groups is 5. The summed E-state index contributed by atoms with van der Waals surface area (Å²) in [6.07, 6.45) is -0.0496. The van der Waals surface area contributed by atoms with Crippen LogP contribution in [0.25, 0.3) is 0 Å². The number of benzene rings is 2. The lowest BCUT2D eigenvalue weighted by Crippen LogP contribution is -2.58. The summed E-state index contributed by atoms with van der Waals surface area (Å²) in [6, 6.07) is 12.5. The molecule has 12 nitrogen and oxygen atoms in total. The lowest BCUT2D eigenvalue weighted by molar-refractivity contribution is -0.143. The highest BCUT2D eigenvalue weighted by molar-refractivity contribution is 5.94. The fourth-order valence-electron chi connectivity index (χ4n) is 3.56. The number of carbonyl (C=O) groups excluding carboxylic acids is 4. The number of amides is 4. The summed E-state index contributed by atoms with van der Waals surface area (Å²) in [7, 11) is 0. The highest BCUT2D eigenvalue weighted by Gasteiger charge is 2.30. The fraction of sp³-hybridized carbons (Fsp3) is 0.346. The van der Waals surface area contributed by atoms with Crippen molar-refractivity contribution in [2.75, 3.05) is 6.61 Å². The van der Waals surface area contributed by atoms with E-state index in [0.717, 1.165) is 0 Å². The number of hydrogen-bond donors (Lipinski definition) is 7. The van der Waals surface area contributed by atoms with Crippen LogP contribution in [0.15, 0.2) is 60.7 Å². The van der Waals surface area contributed by atoms with E-state index < -0.39 is 60.4 Å². The molecular weight excluding hydrogens is 494 g/mol. The van der Waals surface area contributed by atoms with E-state index in [1.165, 1.54) is 0 Å². The third-order valence-electron chi connectivity index (χ3n) is 5.67. The molecule has 0 saturated heterocycles. The Labute approximate surface area is 219 Å². The summed E-state index contributed by atoms with van der Waals surface area (Å²) in [4.78, 5) is 61.4. The monoisotopic (exact) mass is 527 g/mol. The van der Waals surface area contributed by atoms with Crippen molar-refractivity contribution in [3.63, 3.8) is 0 Å². The average Bonchev–Trinajstić information content (AvgIpc) is 2.90. The average molecular weight is 528 g/mol. The minimum absolute atomic E-state index is 0.0142. The van der Waals surface area contributed by atoms with Gasteiger partial charge < -0.3 is 37.6 Å². The number of aliphatic hydroxyl groups excluding tert-OH is 1. The molecule has 2 aromatic rings. The van der Waals surface area contributed by atoms with E-state index >= 15 is 0 Å². The quantitative estimate of drug-likeness (QED) is 0.146. The van der Waals surface area contributed by atoms with Gasteiger partial charge in [-0.1, -0.05) is 60.7 Å². The second-order valence-electron chi connectivity index (χ2n) is 8.70. The van der Waals surface area contributed by atoms with Crippen molar-refractivity contribution >= 4 is 29.6 Å². The third-order valence-corrected chi connectivity index (χ3v) is 5.67. The van der Waals surface area contributed by atoms with Crippen molar-refractivity contribution < 1.29 is 34.2 Å². The summed E-state index contributed by atoms with van der Waals surface area (Å²) in [5.74, 6) is -4.28. The Hall–Kier alpha value is -4.29. The number of nitrogens with one attached hydrogen (secondary N) is 3. The highest BCUT2D eigenvalue weighted by Crippen LogP contribution is 2.08. The van der Waals surface area contributed by atoms with Gasteiger partial charge in [-0.2, -0.15) is 0 Å². The minimum atomic E-state index is -1.57. The molecule has 0 aliphatic rings. The maximum absolute atomic E-state index is 13.4. The summed E-state index contributed by atoms with van der Waals surface area (Å²) >= 11 is 0. The molecule has 0 saturated carbocycles. The Balaban J connectivity index is 2.26. The van der Waals surface area contributed by atoms with Crippen LogP contribution in [-0.4, -0.2) is 70.6 Å². The molecule has 2 rings (SSSR count). The molecule has 4 atom stereocenters. The molecule has 2 aromatic carbocycles. The molecular formula is C26H33N5O7. The van der Waals surface area contributed by atoms with Gasteiger partial charge in [-0.05, 0) is 17.5 Å². The first-order valence-electron chi connectivity index (χ1n) is 12.0.